The molecule has 0 aliphatic heterocycles. The molecular weight excluding hydrogens is 411 g/mol. The zero-order chi connectivity index (χ0) is 21.0. The number of benzene rings is 2. The fraction of sp³-hybridized carbons (Fsp3) is 0.182. The molecule has 1 heterocycles. The standard InChI is InChI=1S/C22H20ClFN2O2S/c1-3-26(13-15-7-6-8-16(24)12-15)22(28)20-14(2)11-19(29-20)25-21(27)17-9-4-5-10-18(17)23/h4-12H,3,13H2,1-2H3,(H,25,27). The lowest BCUT2D eigenvalue weighted by Crippen LogP contribution is -2.30. The first kappa shape index (κ1) is 21.0. The number of rotatable bonds is 6. The molecule has 0 saturated heterocycles. The molecule has 29 heavy (non-hydrogen) atoms. The molecule has 3 aromatic rings. The van der Waals surface area contributed by atoms with Gasteiger partial charge in [-0.25, -0.2) is 4.39 Å². The van der Waals surface area contributed by atoms with Crippen molar-refractivity contribution in [3.8, 4) is 0 Å². The van der Waals surface area contributed by atoms with Gasteiger partial charge in [0, 0.05) is 13.1 Å². The van der Waals surface area contributed by atoms with Gasteiger partial charge in [-0.1, -0.05) is 35.9 Å². The van der Waals surface area contributed by atoms with Gasteiger partial charge in [0.1, 0.15) is 5.82 Å². The van der Waals surface area contributed by atoms with Crippen molar-refractivity contribution in [2.45, 2.75) is 20.4 Å². The molecule has 4 nitrogen and oxygen atoms in total. The molecule has 0 radical (unpaired) electrons. The second kappa shape index (κ2) is 9.20. The Morgan fingerprint density at radius 2 is 1.90 bits per heavy atom. The number of halogens is 2. The number of amides is 2. The van der Waals surface area contributed by atoms with Crippen molar-refractivity contribution >= 4 is 39.8 Å². The summed E-state index contributed by atoms with van der Waals surface area (Å²) in [6.07, 6.45) is 0. The van der Waals surface area contributed by atoms with Crippen LogP contribution in [0.5, 0.6) is 0 Å². The van der Waals surface area contributed by atoms with E-state index < -0.39 is 0 Å². The largest absolute Gasteiger partial charge is 0.334 e. The van der Waals surface area contributed by atoms with Crippen LogP contribution in [0.1, 0.15) is 38.1 Å². The summed E-state index contributed by atoms with van der Waals surface area (Å²) in [5.74, 6) is -0.816. The highest BCUT2D eigenvalue weighted by Gasteiger charge is 2.21. The lowest BCUT2D eigenvalue weighted by atomic mass is 10.2. The molecule has 0 bridgehead atoms. The summed E-state index contributed by atoms with van der Waals surface area (Å²) in [5.41, 5.74) is 1.86. The number of carbonyl (C=O) groups is 2. The van der Waals surface area contributed by atoms with Crippen LogP contribution in [0.2, 0.25) is 5.02 Å². The molecule has 0 aliphatic carbocycles. The molecule has 1 N–H and O–H groups in total. The first-order valence-corrected chi connectivity index (χ1v) is 10.3. The number of thiophene rings is 1. The van der Waals surface area contributed by atoms with Gasteiger partial charge in [-0.2, -0.15) is 0 Å². The van der Waals surface area contributed by atoms with Gasteiger partial charge in [0.15, 0.2) is 0 Å². The maximum Gasteiger partial charge on any atom is 0.264 e. The van der Waals surface area contributed by atoms with Crippen LogP contribution >= 0.6 is 22.9 Å². The van der Waals surface area contributed by atoms with Gasteiger partial charge in [0.05, 0.1) is 20.5 Å². The maximum absolute atomic E-state index is 13.5. The van der Waals surface area contributed by atoms with Gasteiger partial charge in [-0.3, -0.25) is 9.59 Å². The summed E-state index contributed by atoms with van der Waals surface area (Å²) < 4.78 is 13.5. The highest BCUT2D eigenvalue weighted by atomic mass is 35.5. The maximum atomic E-state index is 13.5. The summed E-state index contributed by atoms with van der Waals surface area (Å²) in [6.45, 7) is 4.49. The van der Waals surface area contributed by atoms with Gasteiger partial charge >= 0.3 is 0 Å². The molecule has 7 heteroatoms. The Kier molecular flexibility index (Phi) is 6.67. The second-order valence-electron chi connectivity index (χ2n) is 6.51. The predicted molar refractivity (Wildman–Crippen MR) is 115 cm³/mol. The van der Waals surface area contributed by atoms with Crippen LogP contribution in [-0.4, -0.2) is 23.3 Å². The molecule has 150 valence electrons. The molecule has 0 aliphatic rings. The third-order valence-corrected chi connectivity index (χ3v) is 5.87. The first-order valence-electron chi connectivity index (χ1n) is 9.09. The first-order chi connectivity index (χ1) is 13.9. The molecule has 1 aromatic heterocycles. The van der Waals surface area contributed by atoms with Gasteiger partial charge in [0.25, 0.3) is 11.8 Å². The summed E-state index contributed by atoms with van der Waals surface area (Å²) in [6, 6.07) is 14.8. The monoisotopic (exact) mass is 430 g/mol. The van der Waals surface area contributed by atoms with Crippen LogP contribution in [0.4, 0.5) is 9.39 Å². The average Bonchev–Trinajstić information content (AvgIpc) is 3.06. The van der Waals surface area contributed by atoms with Crippen molar-refractivity contribution in [2.75, 3.05) is 11.9 Å². The number of hydrogen-bond acceptors (Lipinski definition) is 3. The lowest BCUT2D eigenvalue weighted by molar-refractivity contribution is 0.0756. The minimum absolute atomic E-state index is 0.155. The van der Waals surface area contributed by atoms with Crippen molar-refractivity contribution < 1.29 is 14.0 Å². The highest BCUT2D eigenvalue weighted by molar-refractivity contribution is 7.18. The zero-order valence-corrected chi connectivity index (χ0v) is 17.6. The van der Waals surface area contributed by atoms with E-state index >= 15 is 0 Å². The molecular formula is C22H20ClFN2O2S. The Morgan fingerprint density at radius 1 is 1.14 bits per heavy atom. The van der Waals surface area contributed by atoms with E-state index in [9.17, 15) is 14.0 Å². The molecule has 0 fully saturated rings. The van der Waals surface area contributed by atoms with Gasteiger partial charge < -0.3 is 10.2 Å². The van der Waals surface area contributed by atoms with Gasteiger partial charge in [-0.05, 0) is 55.3 Å². The van der Waals surface area contributed by atoms with E-state index in [1.54, 1.807) is 47.4 Å². The van der Waals surface area contributed by atoms with Crippen LogP contribution in [0.25, 0.3) is 0 Å². The highest BCUT2D eigenvalue weighted by Crippen LogP contribution is 2.29. The molecule has 0 saturated carbocycles. The Labute approximate surface area is 177 Å². The van der Waals surface area contributed by atoms with Crippen molar-refractivity contribution in [1.82, 2.24) is 4.90 Å². The Bertz CT molecular complexity index is 1050. The van der Waals surface area contributed by atoms with Crippen LogP contribution in [-0.2, 0) is 6.54 Å². The topological polar surface area (TPSA) is 49.4 Å². The zero-order valence-electron chi connectivity index (χ0n) is 16.0. The van der Waals surface area contributed by atoms with Crippen LogP contribution in [0, 0.1) is 12.7 Å². The van der Waals surface area contributed by atoms with Crippen LogP contribution in [0.15, 0.2) is 54.6 Å². The number of nitrogens with one attached hydrogen (secondary N) is 1. The van der Waals surface area contributed by atoms with E-state index in [1.165, 1.54) is 23.5 Å². The molecule has 0 unspecified atom stereocenters. The van der Waals surface area contributed by atoms with E-state index in [-0.39, 0.29) is 17.6 Å². The van der Waals surface area contributed by atoms with E-state index in [0.717, 1.165) is 11.1 Å². The SMILES string of the molecule is CCN(Cc1cccc(F)c1)C(=O)c1sc(NC(=O)c2ccccc2Cl)cc1C. The van der Waals surface area contributed by atoms with Crippen LogP contribution < -0.4 is 5.32 Å². The third-order valence-electron chi connectivity index (χ3n) is 4.40. The van der Waals surface area contributed by atoms with Gasteiger partial charge in [0.2, 0.25) is 0 Å². The summed E-state index contributed by atoms with van der Waals surface area (Å²) in [5, 5.41) is 3.73. The van der Waals surface area contributed by atoms with Crippen molar-refractivity contribution in [1.29, 1.82) is 0 Å². The fourth-order valence-electron chi connectivity index (χ4n) is 2.91. The van der Waals surface area contributed by atoms with Crippen molar-refractivity contribution in [3.05, 3.63) is 87.0 Å². The minimum Gasteiger partial charge on any atom is -0.334 e. The van der Waals surface area contributed by atoms with E-state index in [1.807, 2.05) is 13.8 Å². The predicted octanol–water partition coefficient (Wildman–Crippen LogP) is 5.76. The van der Waals surface area contributed by atoms with Gasteiger partial charge in [-0.15, -0.1) is 11.3 Å². The smallest absolute Gasteiger partial charge is 0.264 e. The second-order valence-corrected chi connectivity index (χ2v) is 7.97. The Morgan fingerprint density at radius 3 is 2.59 bits per heavy atom. The van der Waals surface area contributed by atoms with E-state index in [2.05, 4.69) is 5.32 Å². The van der Waals surface area contributed by atoms with E-state index in [0.29, 0.717) is 33.6 Å². The molecule has 2 aromatic carbocycles. The normalized spacial score (nSPS) is 10.6. The Balaban J connectivity index is 1.77. The molecule has 0 spiro atoms. The number of nitrogens with zero attached hydrogens (tertiary/aromatic N) is 1. The average molecular weight is 431 g/mol. The molecule has 3 rings (SSSR count). The number of aryl methyl sites for hydroxylation is 1. The fourth-order valence-corrected chi connectivity index (χ4v) is 4.16. The number of carbonyl (C=O) groups excluding carboxylic acids is 2. The number of hydrogen-bond donors (Lipinski definition) is 1. The van der Waals surface area contributed by atoms with Crippen molar-refractivity contribution in [2.24, 2.45) is 0 Å². The quantitative estimate of drug-likeness (QED) is 0.540. The van der Waals surface area contributed by atoms with E-state index in [4.69, 9.17) is 11.6 Å². The lowest BCUT2D eigenvalue weighted by Gasteiger charge is -2.20. The minimum atomic E-state index is -0.331. The summed E-state index contributed by atoms with van der Waals surface area (Å²) in [4.78, 5) is 27.7. The third kappa shape index (κ3) is 5.02. The summed E-state index contributed by atoms with van der Waals surface area (Å²) >= 11 is 7.29. The number of anilines is 1. The summed E-state index contributed by atoms with van der Waals surface area (Å²) in [7, 11) is 0. The molecule has 0 atom stereocenters. The van der Waals surface area contributed by atoms with Crippen molar-refractivity contribution in [3.63, 3.8) is 0 Å². The molecule has 2 amide bonds. The van der Waals surface area contributed by atoms with Crippen LogP contribution in [0.3, 0.4) is 0 Å². The Hall–Kier alpha value is -2.70.